The van der Waals surface area contributed by atoms with Gasteiger partial charge in [0.2, 0.25) is 5.91 Å². The zero-order chi connectivity index (χ0) is 11.8. The molecule has 1 atom stereocenters. The van der Waals surface area contributed by atoms with E-state index < -0.39 is 0 Å². The average molecular weight is 227 g/mol. The fraction of sp³-hybridized carbons (Fsp3) is 0.545. The Balaban J connectivity index is 2.32. The SMILES string of the molecule is CCOCC(=O)NCC(OC)c1ccco1. The van der Waals surface area contributed by atoms with Crippen molar-refractivity contribution in [2.75, 3.05) is 26.9 Å². The summed E-state index contributed by atoms with van der Waals surface area (Å²) in [6.45, 7) is 2.81. The minimum absolute atomic E-state index is 0.0745. The second-order valence-electron chi connectivity index (χ2n) is 3.18. The van der Waals surface area contributed by atoms with Crippen LogP contribution in [0.5, 0.6) is 0 Å². The summed E-state index contributed by atoms with van der Waals surface area (Å²) in [5, 5.41) is 2.71. The molecule has 0 spiro atoms. The van der Waals surface area contributed by atoms with Gasteiger partial charge < -0.3 is 19.2 Å². The van der Waals surface area contributed by atoms with Gasteiger partial charge in [0.05, 0.1) is 12.8 Å². The first kappa shape index (κ1) is 12.7. The largest absolute Gasteiger partial charge is 0.467 e. The Morgan fingerprint density at radius 1 is 1.62 bits per heavy atom. The Morgan fingerprint density at radius 2 is 2.44 bits per heavy atom. The molecule has 0 fully saturated rings. The van der Waals surface area contributed by atoms with Gasteiger partial charge in [-0.05, 0) is 19.1 Å². The highest BCUT2D eigenvalue weighted by molar-refractivity contribution is 5.77. The van der Waals surface area contributed by atoms with Gasteiger partial charge in [0.25, 0.3) is 0 Å². The Labute approximate surface area is 94.7 Å². The predicted octanol–water partition coefficient (Wildman–Crippen LogP) is 1.12. The van der Waals surface area contributed by atoms with Crippen LogP contribution < -0.4 is 5.32 Å². The average Bonchev–Trinajstić information content (AvgIpc) is 2.81. The first-order chi connectivity index (χ1) is 7.77. The van der Waals surface area contributed by atoms with Gasteiger partial charge >= 0.3 is 0 Å². The summed E-state index contributed by atoms with van der Waals surface area (Å²) in [5.41, 5.74) is 0. The number of rotatable bonds is 7. The second-order valence-corrected chi connectivity index (χ2v) is 3.18. The lowest BCUT2D eigenvalue weighted by Gasteiger charge is -2.13. The predicted molar refractivity (Wildman–Crippen MR) is 58.0 cm³/mol. The van der Waals surface area contributed by atoms with Crippen LogP contribution in [0.2, 0.25) is 0 Å². The van der Waals surface area contributed by atoms with E-state index in [-0.39, 0.29) is 18.6 Å². The quantitative estimate of drug-likeness (QED) is 0.758. The van der Waals surface area contributed by atoms with Gasteiger partial charge in [0.1, 0.15) is 18.5 Å². The smallest absolute Gasteiger partial charge is 0.246 e. The van der Waals surface area contributed by atoms with Crippen molar-refractivity contribution < 1.29 is 18.7 Å². The summed E-state index contributed by atoms with van der Waals surface area (Å²) in [6, 6.07) is 3.59. The molecule has 0 bridgehead atoms. The van der Waals surface area contributed by atoms with E-state index >= 15 is 0 Å². The number of methoxy groups -OCH3 is 1. The summed E-state index contributed by atoms with van der Waals surface area (Å²) in [6.07, 6.45) is 1.31. The summed E-state index contributed by atoms with van der Waals surface area (Å²) in [4.78, 5) is 11.3. The molecule has 0 aliphatic heterocycles. The topological polar surface area (TPSA) is 60.7 Å². The Hall–Kier alpha value is -1.33. The number of nitrogens with one attached hydrogen (secondary N) is 1. The van der Waals surface area contributed by atoms with Gasteiger partial charge in [-0.3, -0.25) is 4.79 Å². The van der Waals surface area contributed by atoms with Crippen LogP contribution in [-0.4, -0.2) is 32.8 Å². The molecule has 1 aromatic heterocycles. The van der Waals surface area contributed by atoms with Gasteiger partial charge in [0, 0.05) is 13.7 Å². The van der Waals surface area contributed by atoms with Crippen molar-refractivity contribution in [3.63, 3.8) is 0 Å². The van der Waals surface area contributed by atoms with Crippen LogP contribution in [0, 0.1) is 0 Å². The van der Waals surface area contributed by atoms with E-state index in [0.29, 0.717) is 18.9 Å². The van der Waals surface area contributed by atoms with Crippen LogP contribution in [0.4, 0.5) is 0 Å². The number of hydrogen-bond donors (Lipinski definition) is 1. The highest BCUT2D eigenvalue weighted by atomic mass is 16.5. The summed E-state index contributed by atoms with van der Waals surface area (Å²) in [5.74, 6) is 0.537. The maximum atomic E-state index is 11.3. The van der Waals surface area contributed by atoms with Gasteiger partial charge in [-0.15, -0.1) is 0 Å². The minimum atomic E-state index is -0.263. The molecule has 0 saturated carbocycles. The summed E-state index contributed by atoms with van der Waals surface area (Å²) >= 11 is 0. The Morgan fingerprint density at radius 3 is 3.00 bits per heavy atom. The first-order valence-electron chi connectivity index (χ1n) is 5.18. The van der Waals surface area contributed by atoms with Crippen LogP contribution in [0.3, 0.4) is 0 Å². The number of carbonyl (C=O) groups excluding carboxylic acids is 1. The number of carbonyl (C=O) groups is 1. The van der Waals surface area contributed by atoms with Crippen molar-refractivity contribution in [2.24, 2.45) is 0 Å². The highest BCUT2D eigenvalue weighted by Crippen LogP contribution is 2.15. The van der Waals surface area contributed by atoms with E-state index in [1.165, 1.54) is 0 Å². The molecule has 0 aliphatic rings. The molecular weight excluding hydrogens is 210 g/mol. The van der Waals surface area contributed by atoms with Gasteiger partial charge in [-0.25, -0.2) is 0 Å². The van der Waals surface area contributed by atoms with Crippen molar-refractivity contribution in [3.8, 4) is 0 Å². The molecule has 0 aliphatic carbocycles. The number of ether oxygens (including phenoxy) is 2. The molecule has 1 heterocycles. The molecule has 5 heteroatoms. The molecule has 1 N–H and O–H groups in total. The van der Waals surface area contributed by atoms with Crippen molar-refractivity contribution in [1.29, 1.82) is 0 Å². The zero-order valence-electron chi connectivity index (χ0n) is 9.56. The van der Waals surface area contributed by atoms with Crippen molar-refractivity contribution in [3.05, 3.63) is 24.2 Å². The van der Waals surface area contributed by atoms with E-state index in [2.05, 4.69) is 5.32 Å². The fourth-order valence-corrected chi connectivity index (χ4v) is 1.23. The molecular formula is C11H17NO4. The maximum Gasteiger partial charge on any atom is 0.246 e. The van der Waals surface area contributed by atoms with Gasteiger partial charge in [-0.1, -0.05) is 0 Å². The molecule has 1 rings (SSSR count). The lowest BCUT2D eigenvalue weighted by molar-refractivity contribution is -0.126. The third-order valence-corrected chi connectivity index (χ3v) is 2.07. The van der Waals surface area contributed by atoms with E-state index in [0.717, 1.165) is 0 Å². The van der Waals surface area contributed by atoms with Crippen LogP contribution in [-0.2, 0) is 14.3 Å². The second kappa shape index (κ2) is 7.03. The van der Waals surface area contributed by atoms with Crippen LogP contribution >= 0.6 is 0 Å². The van der Waals surface area contributed by atoms with Gasteiger partial charge in [-0.2, -0.15) is 0 Å². The molecule has 1 amide bonds. The van der Waals surface area contributed by atoms with Crippen molar-refractivity contribution >= 4 is 5.91 Å². The molecule has 16 heavy (non-hydrogen) atoms. The fourth-order valence-electron chi connectivity index (χ4n) is 1.23. The van der Waals surface area contributed by atoms with Crippen LogP contribution in [0.15, 0.2) is 22.8 Å². The van der Waals surface area contributed by atoms with E-state index in [4.69, 9.17) is 13.9 Å². The third-order valence-electron chi connectivity index (χ3n) is 2.07. The molecule has 1 unspecified atom stereocenters. The Bertz CT molecular complexity index is 297. The molecule has 90 valence electrons. The molecule has 1 aromatic rings. The maximum absolute atomic E-state index is 11.3. The monoisotopic (exact) mass is 227 g/mol. The minimum Gasteiger partial charge on any atom is -0.467 e. The van der Waals surface area contributed by atoms with E-state index in [1.807, 2.05) is 13.0 Å². The zero-order valence-corrected chi connectivity index (χ0v) is 9.56. The third kappa shape index (κ3) is 4.04. The lowest BCUT2D eigenvalue weighted by Crippen LogP contribution is -2.32. The van der Waals surface area contributed by atoms with Crippen molar-refractivity contribution in [1.82, 2.24) is 5.32 Å². The molecule has 5 nitrogen and oxygen atoms in total. The lowest BCUT2D eigenvalue weighted by atomic mass is 10.2. The van der Waals surface area contributed by atoms with E-state index in [9.17, 15) is 4.79 Å². The number of amides is 1. The molecule has 0 aromatic carbocycles. The van der Waals surface area contributed by atoms with Crippen LogP contribution in [0.25, 0.3) is 0 Å². The van der Waals surface area contributed by atoms with Gasteiger partial charge in [0.15, 0.2) is 0 Å². The summed E-state index contributed by atoms with van der Waals surface area (Å²) < 4.78 is 15.4. The van der Waals surface area contributed by atoms with E-state index in [1.54, 1.807) is 19.4 Å². The number of hydrogen-bond acceptors (Lipinski definition) is 4. The standard InChI is InChI=1S/C11H17NO4/c1-3-15-8-11(13)12-7-10(14-2)9-5-4-6-16-9/h4-6,10H,3,7-8H2,1-2H3,(H,12,13). The molecule has 0 saturated heterocycles. The number of furan rings is 1. The molecule has 0 radical (unpaired) electrons. The van der Waals surface area contributed by atoms with Crippen LogP contribution in [0.1, 0.15) is 18.8 Å². The highest BCUT2D eigenvalue weighted by Gasteiger charge is 2.14. The normalized spacial score (nSPS) is 12.4. The first-order valence-corrected chi connectivity index (χ1v) is 5.18. The summed E-state index contributed by atoms with van der Waals surface area (Å²) in [7, 11) is 1.57. The van der Waals surface area contributed by atoms with Crippen molar-refractivity contribution in [2.45, 2.75) is 13.0 Å². The Kier molecular flexibility index (Phi) is 5.60.